The van der Waals surface area contributed by atoms with Crippen LogP contribution in [0, 0.1) is 0 Å². The number of aromatic nitrogens is 3. The molecule has 0 radical (unpaired) electrons. The van der Waals surface area contributed by atoms with Crippen LogP contribution in [0.3, 0.4) is 0 Å². The van der Waals surface area contributed by atoms with Crippen molar-refractivity contribution in [2.75, 3.05) is 11.9 Å². The Hall–Kier alpha value is -3.48. The Morgan fingerprint density at radius 2 is 1.90 bits per heavy atom. The molecule has 2 heterocycles. The van der Waals surface area contributed by atoms with Gasteiger partial charge in [0.15, 0.2) is 11.5 Å². The standard InChI is InChI=1S/C23H24N4O3/c1-4-30-20(28)13-19-24-18-8-6-5-7-17(18)22-25-23(29)21(26-27(19)22)16-11-9-15(10-12-16)14(2)3/h5-12,14,19,24H,4,13H2,1-3H3/t19-/m0/s1. The molecule has 1 aliphatic rings. The van der Waals surface area contributed by atoms with Gasteiger partial charge in [0.05, 0.1) is 13.0 Å². The van der Waals surface area contributed by atoms with Gasteiger partial charge in [-0.3, -0.25) is 9.59 Å². The lowest BCUT2D eigenvalue weighted by molar-refractivity contribution is -0.143. The molecule has 0 aliphatic carbocycles. The van der Waals surface area contributed by atoms with Crippen molar-refractivity contribution < 1.29 is 9.53 Å². The molecule has 1 aliphatic heterocycles. The molecular weight excluding hydrogens is 380 g/mol. The van der Waals surface area contributed by atoms with Gasteiger partial charge < -0.3 is 10.1 Å². The average molecular weight is 404 g/mol. The first-order chi connectivity index (χ1) is 14.5. The van der Waals surface area contributed by atoms with Crippen LogP contribution in [-0.4, -0.2) is 27.3 Å². The highest BCUT2D eigenvalue weighted by molar-refractivity contribution is 5.78. The molecule has 0 amide bonds. The molecule has 1 atom stereocenters. The maximum atomic E-state index is 12.9. The summed E-state index contributed by atoms with van der Waals surface area (Å²) >= 11 is 0. The van der Waals surface area contributed by atoms with Crippen molar-refractivity contribution in [2.24, 2.45) is 0 Å². The zero-order chi connectivity index (χ0) is 21.3. The Labute approximate surface area is 174 Å². The van der Waals surface area contributed by atoms with E-state index in [2.05, 4.69) is 29.2 Å². The Morgan fingerprint density at radius 1 is 1.17 bits per heavy atom. The van der Waals surface area contributed by atoms with Crippen LogP contribution in [-0.2, 0) is 9.53 Å². The quantitative estimate of drug-likeness (QED) is 0.648. The topological polar surface area (TPSA) is 86.1 Å². The van der Waals surface area contributed by atoms with Gasteiger partial charge in [-0.1, -0.05) is 50.2 Å². The number of fused-ring (bicyclic) bond motifs is 3. The van der Waals surface area contributed by atoms with Gasteiger partial charge in [-0.25, -0.2) is 4.68 Å². The van der Waals surface area contributed by atoms with Crippen molar-refractivity contribution in [1.82, 2.24) is 14.8 Å². The number of nitrogens with zero attached hydrogens (tertiary/aromatic N) is 3. The molecule has 0 saturated carbocycles. The number of ether oxygens (including phenoxy) is 1. The first kappa shape index (κ1) is 19.8. The van der Waals surface area contributed by atoms with E-state index in [9.17, 15) is 9.59 Å². The molecule has 7 heteroatoms. The zero-order valence-corrected chi connectivity index (χ0v) is 17.3. The van der Waals surface area contributed by atoms with Gasteiger partial charge in [-0.2, -0.15) is 10.1 Å². The summed E-state index contributed by atoms with van der Waals surface area (Å²) in [6.07, 6.45) is -0.436. The number of carbonyl (C=O) groups excluding carboxylic acids is 1. The number of benzene rings is 2. The summed E-state index contributed by atoms with van der Waals surface area (Å²) in [4.78, 5) is 29.4. The minimum Gasteiger partial charge on any atom is -0.466 e. The van der Waals surface area contributed by atoms with Crippen LogP contribution in [0.4, 0.5) is 5.69 Å². The Morgan fingerprint density at radius 3 is 2.60 bits per heavy atom. The lowest BCUT2D eigenvalue weighted by atomic mass is 10.0. The SMILES string of the molecule is CCOC(=O)C[C@H]1Nc2ccccc2-c2nc(=O)c(-c3ccc(C(C)C)cc3)nn21. The molecule has 154 valence electrons. The van der Waals surface area contributed by atoms with Crippen molar-refractivity contribution in [3.8, 4) is 22.6 Å². The third-order valence-corrected chi connectivity index (χ3v) is 5.14. The third kappa shape index (κ3) is 3.70. The van der Waals surface area contributed by atoms with Gasteiger partial charge >= 0.3 is 5.97 Å². The molecule has 0 spiro atoms. The van der Waals surface area contributed by atoms with Crippen LogP contribution in [0.15, 0.2) is 53.3 Å². The van der Waals surface area contributed by atoms with Gasteiger partial charge in [0.1, 0.15) is 6.17 Å². The highest BCUT2D eigenvalue weighted by atomic mass is 16.5. The van der Waals surface area contributed by atoms with Crippen LogP contribution >= 0.6 is 0 Å². The van der Waals surface area contributed by atoms with E-state index in [0.29, 0.717) is 23.9 Å². The summed E-state index contributed by atoms with van der Waals surface area (Å²) in [7, 11) is 0. The predicted molar refractivity (Wildman–Crippen MR) is 115 cm³/mol. The molecule has 0 saturated heterocycles. The summed E-state index contributed by atoms with van der Waals surface area (Å²) in [5.74, 6) is 0.485. The minimum atomic E-state index is -0.504. The van der Waals surface area contributed by atoms with Gasteiger partial charge in [0, 0.05) is 16.8 Å². The van der Waals surface area contributed by atoms with Gasteiger partial charge in [0.2, 0.25) is 0 Å². The van der Waals surface area contributed by atoms with Crippen LogP contribution in [0.25, 0.3) is 22.6 Å². The number of hydrogen-bond donors (Lipinski definition) is 1. The van der Waals surface area contributed by atoms with Gasteiger partial charge in [0.25, 0.3) is 5.56 Å². The maximum absolute atomic E-state index is 12.9. The molecule has 0 bridgehead atoms. The minimum absolute atomic E-state index is 0.0679. The van der Waals surface area contributed by atoms with E-state index in [0.717, 1.165) is 11.3 Å². The second-order valence-electron chi connectivity index (χ2n) is 7.53. The summed E-state index contributed by atoms with van der Waals surface area (Å²) in [6.45, 7) is 6.31. The van der Waals surface area contributed by atoms with Crippen LogP contribution in [0.5, 0.6) is 0 Å². The molecule has 0 fully saturated rings. The number of carbonyl (C=O) groups is 1. The predicted octanol–water partition coefficient (Wildman–Crippen LogP) is 3.97. The number of esters is 1. The second kappa shape index (κ2) is 8.10. The van der Waals surface area contributed by atoms with Crippen molar-refractivity contribution in [3.63, 3.8) is 0 Å². The number of anilines is 1. The Balaban J connectivity index is 1.82. The fraction of sp³-hybridized carbons (Fsp3) is 0.304. The largest absolute Gasteiger partial charge is 0.466 e. The summed E-state index contributed by atoms with van der Waals surface area (Å²) < 4.78 is 6.74. The lowest BCUT2D eigenvalue weighted by Gasteiger charge is -2.29. The Kier molecular flexibility index (Phi) is 5.35. The number of para-hydroxylation sites is 1. The number of nitrogens with one attached hydrogen (secondary N) is 1. The molecular formula is C23H24N4O3. The maximum Gasteiger partial charge on any atom is 0.309 e. The second-order valence-corrected chi connectivity index (χ2v) is 7.53. The fourth-order valence-electron chi connectivity index (χ4n) is 3.57. The highest BCUT2D eigenvalue weighted by Gasteiger charge is 2.28. The van der Waals surface area contributed by atoms with Crippen molar-refractivity contribution >= 4 is 11.7 Å². The molecule has 4 rings (SSSR count). The van der Waals surface area contributed by atoms with Crippen molar-refractivity contribution in [2.45, 2.75) is 39.3 Å². The molecule has 1 aromatic heterocycles. The van der Waals surface area contributed by atoms with Crippen molar-refractivity contribution in [3.05, 3.63) is 64.4 Å². The van der Waals surface area contributed by atoms with Crippen molar-refractivity contribution in [1.29, 1.82) is 0 Å². The molecule has 1 N–H and O–H groups in total. The first-order valence-corrected chi connectivity index (χ1v) is 10.1. The molecule has 7 nitrogen and oxygen atoms in total. The molecule has 30 heavy (non-hydrogen) atoms. The van der Waals surface area contributed by atoms with Gasteiger partial charge in [-0.05, 0) is 30.5 Å². The van der Waals surface area contributed by atoms with Crippen LogP contribution in [0.2, 0.25) is 0 Å². The summed E-state index contributed by atoms with van der Waals surface area (Å²) in [6, 6.07) is 15.3. The molecule has 0 unspecified atom stereocenters. The summed E-state index contributed by atoms with van der Waals surface area (Å²) in [5, 5.41) is 7.94. The normalized spacial score (nSPS) is 14.6. The monoisotopic (exact) mass is 404 g/mol. The van der Waals surface area contributed by atoms with E-state index in [1.54, 1.807) is 11.6 Å². The highest BCUT2D eigenvalue weighted by Crippen LogP contribution is 2.35. The lowest BCUT2D eigenvalue weighted by Crippen LogP contribution is -2.33. The van der Waals surface area contributed by atoms with Crippen LogP contribution in [0.1, 0.15) is 44.8 Å². The summed E-state index contributed by atoms with van der Waals surface area (Å²) in [5.41, 5.74) is 3.30. The Bertz CT molecular complexity index is 1140. The number of hydrogen-bond acceptors (Lipinski definition) is 6. The zero-order valence-electron chi connectivity index (χ0n) is 17.3. The van der Waals surface area contributed by atoms with E-state index in [-0.39, 0.29) is 18.1 Å². The van der Waals surface area contributed by atoms with E-state index >= 15 is 0 Å². The van der Waals surface area contributed by atoms with Gasteiger partial charge in [-0.15, -0.1) is 0 Å². The smallest absolute Gasteiger partial charge is 0.309 e. The molecule has 2 aromatic carbocycles. The third-order valence-electron chi connectivity index (χ3n) is 5.14. The van der Waals surface area contributed by atoms with E-state index in [4.69, 9.17) is 4.74 Å². The molecule has 3 aromatic rings. The average Bonchev–Trinajstić information content (AvgIpc) is 2.73. The van der Waals surface area contributed by atoms with E-state index in [1.165, 1.54) is 5.56 Å². The first-order valence-electron chi connectivity index (χ1n) is 10.1. The van der Waals surface area contributed by atoms with E-state index < -0.39 is 11.7 Å². The fourth-order valence-corrected chi connectivity index (χ4v) is 3.57. The van der Waals surface area contributed by atoms with E-state index in [1.807, 2.05) is 48.5 Å². The number of rotatable bonds is 5. The van der Waals surface area contributed by atoms with Crippen LogP contribution < -0.4 is 10.9 Å².